The maximum atomic E-state index is 12.3. The summed E-state index contributed by atoms with van der Waals surface area (Å²) in [4.78, 5) is 0. The van der Waals surface area contributed by atoms with Crippen molar-refractivity contribution in [2.75, 3.05) is 12.9 Å². The van der Waals surface area contributed by atoms with Crippen molar-refractivity contribution in [2.45, 2.75) is 17.4 Å². The van der Waals surface area contributed by atoms with Gasteiger partial charge in [0.05, 0.1) is 12.8 Å². The Hall–Kier alpha value is -1.74. The summed E-state index contributed by atoms with van der Waals surface area (Å²) in [6.45, 7) is 0. The molecule has 0 fully saturated rings. The zero-order chi connectivity index (χ0) is 15.5. The molecule has 1 aromatic carbocycles. The average Bonchev–Trinajstić information content (AvgIpc) is 2.92. The number of aromatic nitrogens is 3. The summed E-state index contributed by atoms with van der Waals surface area (Å²) in [5, 5.41) is 16.7. The quantitative estimate of drug-likeness (QED) is 0.857. The van der Waals surface area contributed by atoms with Gasteiger partial charge in [-0.05, 0) is 12.1 Å². The van der Waals surface area contributed by atoms with Gasteiger partial charge in [-0.1, -0.05) is 17.8 Å². The molecule has 2 rings (SSSR count). The number of thioether (sulfide) groups is 1. The summed E-state index contributed by atoms with van der Waals surface area (Å²) in [6, 6.07) is 6.94. The smallest absolute Gasteiger partial charge is 0.415 e. The number of aliphatic hydroxyl groups excluding tert-OH is 1. The van der Waals surface area contributed by atoms with E-state index in [4.69, 9.17) is 9.84 Å². The van der Waals surface area contributed by atoms with Crippen LogP contribution in [-0.4, -0.2) is 45.0 Å². The van der Waals surface area contributed by atoms with Gasteiger partial charge in [0, 0.05) is 11.8 Å². The molecule has 0 saturated heterocycles. The third-order valence-electron chi connectivity index (χ3n) is 2.60. The van der Waals surface area contributed by atoms with Crippen LogP contribution in [0.3, 0.4) is 0 Å². The van der Waals surface area contributed by atoms with E-state index in [0.717, 1.165) is 11.8 Å². The predicted octanol–water partition coefficient (Wildman–Crippen LogP) is 2.29. The average molecular weight is 319 g/mol. The largest absolute Gasteiger partial charge is 0.497 e. The molecule has 5 nitrogen and oxygen atoms in total. The lowest BCUT2D eigenvalue weighted by atomic mass is 10.3. The first-order chi connectivity index (χ1) is 9.91. The van der Waals surface area contributed by atoms with Crippen molar-refractivity contribution >= 4 is 11.8 Å². The number of hydrogen-bond donors (Lipinski definition) is 1. The first-order valence-corrected chi connectivity index (χ1v) is 6.82. The Bertz CT molecular complexity index is 603. The van der Waals surface area contributed by atoms with E-state index in [0.29, 0.717) is 11.4 Å². The lowest BCUT2D eigenvalue weighted by molar-refractivity contribution is -0.195. The van der Waals surface area contributed by atoms with Gasteiger partial charge in [0.25, 0.3) is 0 Å². The van der Waals surface area contributed by atoms with E-state index in [2.05, 4.69) is 10.2 Å². The number of rotatable bonds is 5. The fourth-order valence-corrected chi connectivity index (χ4v) is 2.40. The summed E-state index contributed by atoms with van der Waals surface area (Å²) < 4.78 is 43.4. The van der Waals surface area contributed by atoms with Gasteiger partial charge in [-0.2, -0.15) is 13.2 Å². The molecule has 114 valence electrons. The minimum Gasteiger partial charge on any atom is -0.497 e. The Kier molecular flexibility index (Phi) is 4.73. The molecular formula is C12H12F3N3O2S. The number of benzene rings is 1. The van der Waals surface area contributed by atoms with Crippen molar-refractivity contribution in [3.05, 3.63) is 30.6 Å². The molecule has 0 saturated carbocycles. The van der Waals surface area contributed by atoms with Crippen molar-refractivity contribution in [1.29, 1.82) is 0 Å². The van der Waals surface area contributed by atoms with Gasteiger partial charge in [0.2, 0.25) is 0 Å². The molecular weight excluding hydrogens is 307 g/mol. The molecule has 1 aromatic heterocycles. The zero-order valence-electron chi connectivity index (χ0n) is 10.9. The first-order valence-electron chi connectivity index (χ1n) is 5.84. The third kappa shape index (κ3) is 3.88. The molecule has 1 atom stereocenters. The number of ether oxygens (including phenoxy) is 1. The van der Waals surface area contributed by atoms with Crippen molar-refractivity contribution in [3.8, 4) is 11.4 Å². The van der Waals surface area contributed by atoms with E-state index in [9.17, 15) is 13.2 Å². The molecule has 0 aliphatic carbocycles. The second-order valence-electron chi connectivity index (χ2n) is 4.05. The maximum absolute atomic E-state index is 12.3. The second kappa shape index (κ2) is 6.35. The molecule has 0 bridgehead atoms. The Balaban J connectivity index is 2.15. The van der Waals surface area contributed by atoms with E-state index in [-0.39, 0.29) is 5.16 Å². The standard InChI is InChI=1S/C12H12F3N3O2S/c1-20-9-4-2-3-8(5-9)18-7-16-17-11(18)21-6-10(19)12(13,14)15/h2-5,7,10,19H,6H2,1H3/t10-/m0/s1. The minimum absolute atomic E-state index is 0.256. The van der Waals surface area contributed by atoms with Crippen LogP contribution in [0.5, 0.6) is 5.75 Å². The van der Waals surface area contributed by atoms with Crippen LogP contribution >= 0.6 is 11.8 Å². The monoisotopic (exact) mass is 319 g/mol. The van der Waals surface area contributed by atoms with E-state index in [1.54, 1.807) is 24.3 Å². The maximum Gasteiger partial charge on any atom is 0.415 e. The Morgan fingerprint density at radius 2 is 2.19 bits per heavy atom. The number of alkyl halides is 3. The van der Waals surface area contributed by atoms with Gasteiger partial charge in [0.1, 0.15) is 12.1 Å². The van der Waals surface area contributed by atoms with Crippen LogP contribution in [0.2, 0.25) is 0 Å². The number of halogens is 3. The summed E-state index contributed by atoms with van der Waals surface area (Å²) in [5.41, 5.74) is 0.656. The molecule has 0 unspecified atom stereocenters. The van der Waals surface area contributed by atoms with Gasteiger partial charge < -0.3 is 9.84 Å². The highest BCUT2D eigenvalue weighted by molar-refractivity contribution is 7.99. The van der Waals surface area contributed by atoms with E-state index < -0.39 is 18.0 Å². The topological polar surface area (TPSA) is 60.2 Å². The highest BCUT2D eigenvalue weighted by Crippen LogP contribution is 2.27. The summed E-state index contributed by atoms with van der Waals surface area (Å²) in [6.07, 6.45) is -5.66. The fourth-order valence-electron chi connectivity index (χ4n) is 1.51. The van der Waals surface area contributed by atoms with Gasteiger partial charge >= 0.3 is 6.18 Å². The molecule has 0 radical (unpaired) electrons. The van der Waals surface area contributed by atoms with Crippen LogP contribution in [0.25, 0.3) is 5.69 Å². The second-order valence-corrected chi connectivity index (χ2v) is 5.04. The summed E-state index contributed by atoms with van der Waals surface area (Å²) >= 11 is 0.776. The lowest BCUT2D eigenvalue weighted by Crippen LogP contribution is -2.30. The minimum atomic E-state index is -4.65. The summed E-state index contributed by atoms with van der Waals surface area (Å²) in [7, 11) is 1.51. The van der Waals surface area contributed by atoms with E-state index in [1.165, 1.54) is 18.0 Å². The molecule has 2 aromatic rings. The molecule has 0 aliphatic rings. The van der Waals surface area contributed by atoms with E-state index >= 15 is 0 Å². The molecule has 1 N–H and O–H groups in total. The van der Waals surface area contributed by atoms with Crippen LogP contribution < -0.4 is 4.74 Å². The normalized spacial score (nSPS) is 13.2. The molecule has 0 spiro atoms. The SMILES string of the molecule is COc1cccc(-n2cnnc2SC[C@H](O)C(F)(F)F)c1. The number of methoxy groups -OCH3 is 1. The molecule has 21 heavy (non-hydrogen) atoms. The fraction of sp³-hybridized carbons (Fsp3) is 0.333. The van der Waals surface area contributed by atoms with Crippen molar-refractivity contribution in [1.82, 2.24) is 14.8 Å². The molecule has 0 amide bonds. The predicted molar refractivity (Wildman–Crippen MR) is 70.7 cm³/mol. The van der Waals surface area contributed by atoms with Crippen molar-refractivity contribution in [3.63, 3.8) is 0 Å². The van der Waals surface area contributed by atoms with Crippen LogP contribution in [0.4, 0.5) is 13.2 Å². The Labute approximate surface area is 122 Å². The Morgan fingerprint density at radius 3 is 2.86 bits per heavy atom. The lowest BCUT2D eigenvalue weighted by Gasteiger charge is -2.14. The summed E-state index contributed by atoms with van der Waals surface area (Å²) in [5.74, 6) is 0.0547. The number of hydrogen-bond acceptors (Lipinski definition) is 5. The molecule has 9 heteroatoms. The molecule has 1 heterocycles. The highest BCUT2D eigenvalue weighted by atomic mass is 32.2. The van der Waals surface area contributed by atoms with Gasteiger partial charge in [0.15, 0.2) is 11.3 Å². The van der Waals surface area contributed by atoms with Gasteiger partial charge in [-0.3, -0.25) is 4.57 Å². The van der Waals surface area contributed by atoms with Crippen molar-refractivity contribution < 1.29 is 23.0 Å². The third-order valence-corrected chi connectivity index (χ3v) is 3.62. The van der Waals surface area contributed by atoms with Gasteiger partial charge in [-0.15, -0.1) is 10.2 Å². The first kappa shape index (κ1) is 15.6. The number of nitrogens with zero attached hydrogens (tertiary/aromatic N) is 3. The van der Waals surface area contributed by atoms with Crippen LogP contribution in [0.1, 0.15) is 0 Å². The van der Waals surface area contributed by atoms with Crippen molar-refractivity contribution in [2.24, 2.45) is 0 Å². The van der Waals surface area contributed by atoms with E-state index in [1.807, 2.05) is 0 Å². The highest BCUT2D eigenvalue weighted by Gasteiger charge is 2.38. The number of aliphatic hydroxyl groups is 1. The Morgan fingerprint density at radius 1 is 1.43 bits per heavy atom. The van der Waals surface area contributed by atoms with Crippen LogP contribution in [-0.2, 0) is 0 Å². The zero-order valence-corrected chi connectivity index (χ0v) is 11.7. The molecule has 0 aliphatic heterocycles. The van der Waals surface area contributed by atoms with Crippen LogP contribution in [0, 0.1) is 0 Å². The van der Waals surface area contributed by atoms with Crippen LogP contribution in [0.15, 0.2) is 35.7 Å². The van der Waals surface area contributed by atoms with Gasteiger partial charge in [-0.25, -0.2) is 0 Å².